The molecule has 11 nitrogen and oxygen atoms in total. The Morgan fingerprint density at radius 1 is 1.31 bits per heavy atom. The van der Waals surface area contributed by atoms with E-state index in [1.165, 1.54) is 32.4 Å². The Morgan fingerprint density at radius 2 is 2.07 bits per heavy atom. The SMILES string of the molecule is CCCc1cc(NC(=NCCNC(=NC)NC#N)NC(=O)OC)c(NC(C)=O)s1. The lowest BCUT2D eigenvalue weighted by atomic mass is 10.3. The molecule has 0 atom stereocenters. The van der Waals surface area contributed by atoms with Crippen LogP contribution in [-0.2, 0) is 16.0 Å². The van der Waals surface area contributed by atoms with Crippen LogP contribution in [0.2, 0.25) is 0 Å². The Morgan fingerprint density at radius 3 is 2.66 bits per heavy atom. The van der Waals surface area contributed by atoms with E-state index in [9.17, 15) is 9.59 Å². The molecule has 5 N–H and O–H groups in total. The van der Waals surface area contributed by atoms with Gasteiger partial charge in [-0.25, -0.2) is 4.79 Å². The van der Waals surface area contributed by atoms with Gasteiger partial charge in [0.05, 0.1) is 19.3 Å². The third-order valence-electron chi connectivity index (χ3n) is 3.30. The number of carbonyl (C=O) groups excluding carboxylic acids is 2. The summed E-state index contributed by atoms with van der Waals surface area (Å²) in [6, 6.07) is 1.91. The highest BCUT2D eigenvalue weighted by Crippen LogP contribution is 2.33. The van der Waals surface area contributed by atoms with Gasteiger partial charge in [0.2, 0.25) is 17.8 Å². The number of aryl methyl sites for hydroxylation is 1. The highest BCUT2D eigenvalue weighted by atomic mass is 32.1. The van der Waals surface area contributed by atoms with Crippen LogP contribution >= 0.6 is 11.3 Å². The second-order valence-electron chi connectivity index (χ2n) is 5.59. The number of nitriles is 1. The lowest BCUT2D eigenvalue weighted by molar-refractivity contribution is -0.114. The molecule has 0 saturated heterocycles. The molecule has 12 heteroatoms. The maximum absolute atomic E-state index is 11.7. The van der Waals surface area contributed by atoms with Gasteiger partial charge >= 0.3 is 6.09 Å². The largest absolute Gasteiger partial charge is 0.453 e. The quantitative estimate of drug-likeness (QED) is 0.146. The minimum atomic E-state index is -0.684. The molecule has 0 aliphatic rings. The number of rotatable bonds is 7. The van der Waals surface area contributed by atoms with Crippen LogP contribution in [0.25, 0.3) is 0 Å². The summed E-state index contributed by atoms with van der Waals surface area (Å²) >= 11 is 1.46. The first-order chi connectivity index (χ1) is 13.9. The summed E-state index contributed by atoms with van der Waals surface area (Å²) in [7, 11) is 2.79. The van der Waals surface area contributed by atoms with Gasteiger partial charge < -0.3 is 20.7 Å². The van der Waals surface area contributed by atoms with Crippen molar-refractivity contribution in [2.24, 2.45) is 9.98 Å². The predicted octanol–water partition coefficient (Wildman–Crippen LogP) is 1.43. The minimum Gasteiger partial charge on any atom is -0.453 e. The summed E-state index contributed by atoms with van der Waals surface area (Å²) in [5.41, 5.74) is 0.624. The van der Waals surface area contributed by atoms with Crippen molar-refractivity contribution in [2.45, 2.75) is 26.7 Å². The molecular formula is C17H26N8O3S. The molecule has 1 aromatic rings. The normalized spacial score (nSPS) is 11.3. The monoisotopic (exact) mass is 422 g/mol. The number of guanidine groups is 2. The van der Waals surface area contributed by atoms with Crippen molar-refractivity contribution in [2.75, 3.05) is 37.9 Å². The molecule has 0 bridgehead atoms. The van der Waals surface area contributed by atoms with E-state index >= 15 is 0 Å². The topological polar surface area (TPSA) is 152 Å². The summed E-state index contributed by atoms with van der Waals surface area (Å²) in [4.78, 5) is 32.4. The molecule has 0 spiro atoms. The predicted molar refractivity (Wildman–Crippen MR) is 114 cm³/mol. The van der Waals surface area contributed by atoms with Gasteiger partial charge in [0.15, 0.2) is 6.19 Å². The first kappa shape index (κ1) is 23.7. The number of amides is 2. The summed E-state index contributed by atoms with van der Waals surface area (Å²) in [5.74, 6) is 0.278. The van der Waals surface area contributed by atoms with Gasteiger partial charge in [0.1, 0.15) is 5.00 Å². The molecule has 158 valence electrons. The minimum absolute atomic E-state index is 0.161. The number of thiophene rings is 1. The maximum Gasteiger partial charge on any atom is 0.413 e. The average molecular weight is 423 g/mol. The van der Waals surface area contributed by atoms with Crippen LogP contribution in [0.3, 0.4) is 0 Å². The van der Waals surface area contributed by atoms with Gasteiger partial charge in [-0.3, -0.25) is 25.4 Å². The number of ether oxygens (including phenoxy) is 1. The van der Waals surface area contributed by atoms with Gasteiger partial charge in [-0.2, -0.15) is 5.26 Å². The van der Waals surface area contributed by atoms with Crippen molar-refractivity contribution in [1.29, 1.82) is 5.26 Å². The van der Waals surface area contributed by atoms with Crippen LogP contribution in [0.1, 0.15) is 25.1 Å². The molecule has 0 unspecified atom stereocenters. The molecule has 0 fully saturated rings. The molecule has 0 saturated carbocycles. The second-order valence-corrected chi connectivity index (χ2v) is 6.73. The number of alkyl carbamates (subject to hydrolysis) is 1. The Bertz CT molecular complexity index is 797. The molecule has 1 aromatic heterocycles. The lowest BCUT2D eigenvalue weighted by Crippen LogP contribution is -2.38. The van der Waals surface area contributed by atoms with Gasteiger partial charge in [0.25, 0.3) is 0 Å². The lowest BCUT2D eigenvalue weighted by Gasteiger charge is -2.12. The van der Waals surface area contributed by atoms with E-state index in [2.05, 4.69) is 48.2 Å². The van der Waals surface area contributed by atoms with Gasteiger partial charge in [-0.05, 0) is 12.5 Å². The molecule has 2 amide bonds. The van der Waals surface area contributed by atoms with Crippen LogP contribution in [-0.4, -0.2) is 51.2 Å². The first-order valence-electron chi connectivity index (χ1n) is 8.85. The second kappa shape index (κ2) is 12.9. The molecule has 0 aromatic carbocycles. The Balaban J connectivity index is 2.93. The van der Waals surface area contributed by atoms with Crippen molar-refractivity contribution in [3.63, 3.8) is 0 Å². The smallest absolute Gasteiger partial charge is 0.413 e. The van der Waals surface area contributed by atoms with Crippen molar-refractivity contribution >= 4 is 45.9 Å². The zero-order valence-electron chi connectivity index (χ0n) is 16.9. The Labute approximate surface area is 173 Å². The van der Waals surface area contributed by atoms with E-state index < -0.39 is 6.09 Å². The number of hydrogen-bond acceptors (Lipinski definition) is 7. The van der Waals surface area contributed by atoms with E-state index in [0.717, 1.165) is 17.7 Å². The van der Waals surface area contributed by atoms with Crippen LogP contribution in [0.15, 0.2) is 16.1 Å². The van der Waals surface area contributed by atoms with Crippen LogP contribution in [0, 0.1) is 11.5 Å². The van der Waals surface area contributed by atoms with Gasteiger partial charge in [0, 0.05) is 25.4 Å². The fourth-order valence-corrected chi connectivity index (χ4v) is 3.28. The van der Waals surface area contributed by atoms with E-state index in [1.54, 1.807) is 6.19 Å². The molecule has 0 radical (unpaired) electrons. The summed E-state index contributed by atoms with van der Waals surface area (Å²) in [6.07, 6.45) is 2.92. The molecular weight excluding hydrogens is 396 g/mol. The fraction of sp³-hybridized carbons (Fsp3) is 0.471. The number of anilines is 2. The number of nitrogens with zero attached hydrogens (tertiary/aromatic N) is 3. The number of nitrogens with one attached hydrogen (secondary N) is 5. The Hall–Kier alpha value is -3.33. The van der Waals surface area contributed by atoms with Crippen molar-refractivity contribution in [3.05, 3.63) is 10.9 Å². The number of carbonyl (C=O) groups is 2. The van der Waals surface area contributed by atoms with E-state index in [1.807, 2.05) is 6.07 Å². The molecule has 0 aliphatic carbocycles. The van der Waals surface area contributed by atoms with E-state index in [4.69, 9.17) is 5.26 Å². The third kappa shape index (κ3) is 8.93. The maximum atomic E-state index is 11.7. The van der Waals surface area contributed by atoms with Crippen molar-refractivity contribution < 1.29 is 14.3 Å². The van der Waals surface area contributed by atoms with Gasteiger partial charge in [-0.1, -0.05) is 13.3 Å². The zero-order valence-corrected chi connectivity index (χ0v) is 17.7. The molecule has 0 aliphatic heterocycles. The average Bonchev–Trinajstić information content (AvgIpc) is 3.04. The standard InChI is InChI=1S/C17H26N8O3S/c1-5-6-12-9-13(14(29-12)23-11(2)26)24-16(25-17(27)28-4)21-8-7-20-15(19-3)22-10-18/h9H,5-8H2,1-4H3,(H,23,26)(H2,19,20,22)(H2,21,24,25,27). The van der Waals surface area contributed by atoms with Crippen molar-refractivity contribution in [1.82, 2.24) is 16.0 Å². The molecule has 29 heavy (non-hydrogen) atoms. The fourth-order valence-electron chi connectivity index (χ4n) is 2.12. The summed E-state index contributed by atoms with van der Waals surface area (Å²) in [5, 5.41) is 22.9. The van der Waals surface area contributed by atoms with Crippen LogP contribution < -0.4 is 26.6 Å². The van der Waals surface area contributed by atoms with Gasteiger partial charge in [-0.15, -0.1) is 11.3 Å². The number of methoxy groups -OCH3 is 1. The Kier molecular flexibility index (Phi) is 10.6. The van der Waals surface area contributed by atoms with Crippen LogP contribution in [0.5, 0.6) is 0 Å². The van der Waals surface area contributed by atoms with Crippen molar-refractivity contribution in [3.8, 4) is 6.19 Å². The highest BCUT2D eigenvalue weighted by molar-refractivity contribution is 7.17. The van der Waals surface area contributed by atoms with Crippen LogP contribution in [0.4, 0.5) is 15.5 Å². The van der Waals surface area contributed by atoms with E-state index in [-0.39, 0.29) is 18.4 Å². The number of aliphatic imine (C=N–C) groups is 2. The highest BCUT2D eigenvalue weighted by Gasteiger charge is 2.14. The summed E-state index contributed by atoms with van der Waals surface area (Å²) < 4.78 is 4.63. The zero-order chi connectivity index (χ0) is 21.6. The first-order valence-corrected chi connectivity index (χ1v) is 9.67. The molecule has 1 rings (SSSR count). The molecule has 1 heterocycles. The number of hydrogen-bond donors (Lipinski definition) is 5. The van der Waals surface area contributed by atoms with E-state index in [0.29, 0.717) is 23.2 Å². The third-order valence-corrected chi connectivity index (χ3v) is 4.41. The summed E-state index contributed by atoms with van der Waals surface area (Å²) in [6.45, 7) is 4.12.